The molecule has 0 aliphatic rings. The van der Waals surface area contributed by atoms with Crippen molar-refractivity contribution in [3.8, 4) is 0 Å². The first kappa shape index (κ1) is 18.7. The standard InChI is InChI=1S/C21H23N7O/c1-14-19-10-18(12-23-20(19)27(3)26-14)25-21(29)24-11-16-5-4-6-17(9-16)13-28-8-7-22-15(28)2/h4-10,12H,11,13H2,1-3H3,(H2,24,25,29). The number of imidazole rings is 1. The number of rotatable bonds is 5. The Labute approximate surface area is 168 Å². The monoisotopic (exact) mass is 389 g/mol. The van der Waals surface area contributed by atoms with Gasteiger partial charge in [-0.3, -0.25) is 4.68 Å². The third-order valence-electron chi connectivity index (χ3n) is 4.84. The van der Waals surface area contributed by atoms with E-state index in [4.69, 9.17) is 0 Å². The van der Waals surface area contributed by atoms with Crippen molar-refractivity contribution in [2.24, 2.45) is 7.05 Å². The molecular weight excluding hydrogens is 366 g/mol. The summed E-state index contributed by atoms with van der Waals surface area (Å²) in [5, 5.41) is 11.0. The molecule has 0 bridgehead atoms. The van der Waals surface area contributed by atoms with E-state index < -0.39 is 0 Å². The minimum Gasteiger partial charge on any atom is -0.334 e. The molecule has 0 saturated heterocycles. The molecule has 4 rings (SSSR count). The molecule has 0 aliphatic heterocycles. The second kappa shape index (κ2) is 7.75. The molecule has 0 unspecified atom stereocenters. The van der Waals surface area contributed by atoms with Gasteiger partial charge in [0.25, 0.3) is 0 Å². The summed E-state index contributed by atoms with van der Waals surface area (Å²) in [7, 11) is 1.85. The number of pyridine rings is 1. The van der Waals surface area contributed by atoms with Crippen LogP contribution in [0.5, 0.6) is 0 Å². The first-order chi connectivity index (χ1) is 14.0. The van der Waals surface area contributed by atoms with Crippen LogP contribution in [-0.4, -0.2) is 30.3 Å². The minimum absolute atomic E-state index is 0.274. The number of carbonyl (C=O) groups is 1. The number of carbonyl (C=O) groups excluding carboxylic acids is 1. The van der Waals surface area contributed by atoms with Crippen molar-refractivity contribution in [1.82, 2.24) is 29.6 Å². The maximum atomic E-state index is 12.3. The van der Waals surface area contributed by atoms with Crippen LogP contribution in [0.1, 0.15) is 22.6 Å². The smallest absolute Gasteiger partial charge is 0.319 e. The predicted molar refractivity (Wildman–Crippen MR) is 112 cm³/mol. The largest absolute Gasteiger partial charge is 0.334 e. The van der Waals surface area contributed by atoms with E-state index in [1.54, 1.807) is 17.1 Å². The van der Waals surface area contributed by atoms with Crippen molar-refractivity contribution >= 4 is 22.8 Å². The topological polar surface area (TPSA) is 89.7 Å². The quantitative estimate of drug-likeness (QED) is 0.549. The molecule has 29 heavy (non-hydrogen) atoms. The third kappa shape index (κ3) is 4.11. The van der Waals surface area contributed by atoms with E-state index in [1.807, 2.05) is 45.3 Å². The lowest BCUT2D eigenvalue weighted by molar-refractivity contribution is 0.251. The first-order valence-corrected chi connectivity index (χ1v) is 9.39. The minimum atomic E-state index is -0.274. The fourth-order valence-electron chi connectivity index (χ4n) is 3.34. The highest BCUT2D eigenvalue weighted by molar-refractivity contribution is 5.92. The van der Waals surface area contributed by atoms with Gasteiger partial charge in [0.1, 0.15) is 5.82 Å². The highest BCUT2D eigenvalue weighted by atomic mass is 16.2. The number of nitrogens with zero attached hydrogens (tertiary/aromatic N) is 5. The number of amides is 2. The zero-order valence-electron chi connectivity index (χ0n) is 16.7. The Hall–Kier alpha value is -3.68. The summed E-state index contributed by atoms with van der Waals surface area (Å²) in [6.45, 7) is 5.09. The predicted octanol–water partition coefficient (Wildman–Crippen LogP) is 3.15. The average molecular weight is 389 g/mol. The van der Waals surface area contributed by atoms with Crippen LogP contribution in [-0.2, 0) is 20.1 Å². The Morgan fingerprint density at radius 1 is 1.14 bits per heavy atom. The van der Waals surface area contributed by atoms with Crippen LogP contribution in [0, 0.1) is 13.8 Å². The summed E-state index contributed by atoms with van der Waals surface area (Å²) < 4.78 is 3.82. The number of aromatic nitrogens is 5. The van der Waals surface area contributed by atoms with Crippen LogP contribution < -0.4 is 10.6 Å². The summed E-state index contributed by atoms with van der Waals surface area (Å²) in [6, 6.07) is 9.77. The fourth-order valence-corrected chi connectivity index (χ4v) is 3.34. The van der Waals surface area contributed by atoms with Gasteiger partial charge in [0, 0.05) is 37.9 Å². The molecule has 3 heterocycles. The number of nitrogens with one attached hydrogen (secondary N) is 2. The van der Waals surface area contributed by atoms with Gasteiger partial charge in [-0.2, -0.15) is 5.10 Å². The van der Waals surface area contributed by atoms with Gasteiger partial charge >= 0.3 is 6.03 Å². The average Bonchev–Trinajstić information content (AvgIpc) is 3.23. The van der Waals surface area contributed by atoms with Gasteiger partial charge in [-0.1, -0.05) is 24.3 Å². The summed E-state index contributed by atoms with van der Waals surface area (Å²) in [5.74, 6) is 0.974. The van der Waals surface area contributed by atoms with E-state index >= 15 is 0 Å². The summed E-state index contributed by atoms with van der Waals surface area (Å²) in [6.07, 6.45) is 5.39. The number of anilines is 1. The Kier molecular flexibility index (Phi) is 4.99. The molecule has 0 radical (unpaired) electrons. The number of hydrogen-bond acceptors (Lipinski definition) is 4. The molecule has 1 aromatic carbocycles. The molecule has 0 spiro atoms. The molecule has 2 N–H and O–H groups in total. The highest BCUT2D eigenvalue weighted by Crippen LogP contribution is 2.19. The van der Waals surface area contributed by atoms with E-state index in [1.165, 1.54) is 0 Å². The number of urea groups is 1. The van der Waals surface area contributed by atoms with Crippen LogP contribution in [0.25, 0.3) is 11.0 Å². The molecule has 4 aromatic rings. The van der Waals surface area contributed by atoms with E-state index in [0.717, 1.165) is 40.2 Å². The van der Waals surface area contributed by atoms with Crippen LogP contribution in [0.3, 0.4) is 0 Å². The van der Waals surface area contributed by atoms with Crippen LogP contribution in [0.15, 0.2) is 48.9 Å². The van der Waals surface area contributed by atoms with Crippen molar-refractivity contribution in [2.75, 3.05) is 5.32 Å². The molecule has 0 aliphatic carbocycles. The van der Waals surface area contributed by atoms with Gasteiger partial charge in [0.15, 0.2) is 5.65 Å². The highest BCUT2D eigenvalue weighted by Gasteiger charge is 2.09. The molecule has 148 valence electrons. The Morgan fingerprint density at radius 2 is 1.97 bits per heavy atom. The van der Waals surface area contributed by atoms with Gasteiger partial charge < -0.3 is 15.2 Å². The first-order valence-electron chi connectivity index (χ1n) is 9.39. The van der Waals surface area contributed by atoms with Gasteiger partial charge in [-0.15, -0.1) is 0 Å². The molecule has 0 saturated carbocycles. The molecule has 3 aromatic heterocycles. The van der Waals surface area contributed by atoms with Crippen LogP contribution in [0.4, 0.5) is 10.5 Å². The maximum absolute atomic E-state index is 12.3. The van der Waals surface area contributed by atoms with Crippen molar-refractivity contribution in [1.29, 1.82) is 0 Å². The van der Waals surface area contributed by atoms with Crippen molar-refractivity contribution in [2.45, 2.75) is 26.9 Å². The molecule has 0 fully saturated rings. The lowest BCUT2D eigenvalue weighted by atomic mass is 10.1. The molecule has 2 amide bonds. The Morgan fingerprint density at radius 3 is 2.76 bits per heavy atom. The second-order valence-electron chi connectivity index (χ2n) is 7.03. The van der Waals surface area contributed by atoms with Gasteiger partial charge in [-0.05, 0) is 31.0 Å². The van der Waals surface area contributed by atoms with Gasteiger partial charge in [0.05, 0.1) is 17.6 Å². The van der Waals surface area contributed by atoms with E-state index in [0.29, 0.717) is 12.2 Å². The van der Waals surface area contributed by atoms with E-state index in [-0.39, 0.29) is 6.03 Å². The number of aryl methyl sites for hydroxylation is 3. The van der Waals surface area contributed by atoms with Crippen molar-refractivity contribution in [3.05, 3.63) is 71.6 Å². The van der Waals surface area contributed by atoms with Crippen molar-refractivity contribution < 1.29 is 4.79 Å². The lowest BCUT2D eigenvalue weighted by Crippen LogP contribution is -2.28. The number of hydrogen-bond donors (Lipinski definition) is 2. The van der Waals surface area contributed by atoms with Crippen LogP contribution >= 0.6 is 0 Å². The normalized spacial score (nSPS) is 11.0. The third-order valence-corrected chi connectivity index (χ3v) is 4.84. The zero-order valence-corrected chi connectivity index (χ0v) is 16.7. The summed E-state index contributed by atoms with van der Waals surface area (Å²) in [4.78, 5) is 20.9. The molecule has 8 nitrogen and oxygen atoms in total. The molecular formula is C21H23N7O. The summed E-state index contributed by atoms with van der Waals surface area (Å²) in [5.41, 5.74) is 4.50. The van der Waals surface area contributed by atoms with E-state index in [9.17, 15) is 4.79 Å². The number of benzene rings is 1. The van der Waals surface area contributed by atoms with Crippen molar-refractivity contribution in [3.63, 3.8) is 0 Å². The van der Waals surface area contributed by atoms with Crippen LogP contribution in [0.2, 0.25) is 0 Å². The van der Waals surface area contributed by atoms with E-state index in [2.05, 4.69) is 42.4 Å². The SMILES string of the molecule is Cc1nn(C)c2ncc(NC(=O)NCc3cccc(Cn4ccnc4C)c3)cc12. The molecule has 0 atom stereocenters. The zero-order chi connectivity index (χ0) is 20.4. The fraction of sp³-hybridized carbons (Fsp3) is 0.238. The second-order valence-corrected chi connectivity index (χ2v) is 7.03. The van der Waals surface area contributed by atoms with Gasteiger partial charge in [-0.25, -0.2) is 14.8 Å². The maximum Gasteiger partial charge on any atom is 0.319 e. The number of fused-ring (bicyclic) bond motifs is 1. The molecule has 8 heteroatoms. The summed E-state index contributed by atoms with van der Waals surface area (Å²) >= 11 is 0. The lowest BCUT2D eigenvalue weighted by Gasteiger charge is -2.10. The Bertz CT molecular complexity index is 1170. The Balaban J connectivity index is 1.38. The van der Waals surface area contributed by atoms with Gasteiger partial charge in [0.2, 0.25) is 0 Å².